The van der Waals surface area contributed by atoms with Crippen molar-refractivity contribution >= 4 is 14.1 Å². The van der Waals surface area contributed by atoms with Crippen LogP contribution in [0.3, 0.4) is 0 Å². The number of hydrogen-bond acceptors (Lipinski definition) is 3. The molecule has 0 aromatic heterocycles. The summed E-state index contributed by atoms with van der Waals surface area (Å²) in [6.07, 6.45) is 4.08. The molecule has 0 aliphatic heterocycles. The number of carbonyl (C=O) groups excluding carboxylic acids is 1. The number of hydrogen-bond donors (Lipinski definition) is 1. The third kappa shape index (κ3) is 5.49. The van der Waals surface area contributed by atoms with Crippen LogP contribution < -0.4 is 5.32 Å². The van der Waals surface area contributed by atoms with Crippen LogP contribution in [0.1, 0.15) is 63.3 Å². The average molecular weight is 422 g/mol. The van der Waals surface area contributed by atoms with Crippen molar-refractivity contribution in [3.8, 4) is 0 Å². The number of benzene rings is 2. The van der Waals surface area contributed by atoms with Crippen molar-refractivity contribution in [3.05, 3.63) is 83.6 Å². The van der Waals surface area contributed by atoms with Gasteiger partial charge in [0.15, 0.2) is 14.1 Å². The molecule has 0 saturated carbocycles. The summed E-state index contributed by atoms with van der Waals surface area (Å²) >= 11 is 0. The van der Waals surface area contributed by atoms with E-state index in [0.717, 1.165) is 24.1 Å². The maximum atomic E-state index is 12.1. The largest absolute Gasteiger partial charge is 0.407 e. The molecular formula is C26H35NO2Si. The van der Waals surface area contributed by atoms with E-state index in [2.05, 4.69) is 87.7 Å². The molecular weight excluding hydrogens is 386 g/mol. The Morgan fingerprint density at radius 3 is 2.00 bits per heavy atom. The van der Waals surface area contributed by atoms with E-state index < -0.39 is 8.32 Å². The molecule has 0 bridgehead atoms. The molecule has 1 aliphatic carbocycles. The monoisotopic (exact) mass is 421 g/mol. The molecule has 4 heteroatoms. The first kappa shape index (κ1) is 22.5. The van der Waals surface area contributed by atoms with Crippen molar-refractivity contribution < 1.29 is 9.22 Å². The van der Waals surface area contributed by atoms with E-state index in [1.54, 1.807) is 6.08 Å². The Bertz CT molecular complexity index is 869. The summed E-state index contributed by atoms with van der Waals surface area (Å²) in [6.45, 7) is 11.4. The number of ketones is 1. The quantitative estimate of drug-likeness (QED) is 0.504. The van der Waals surface area contributed by atoms with Crippen molar-refractivity contribution in [1.82, 2.24) is 5.32 Å². The molecule has 1 N–H and O–H groups in total. The molecule has 2 atom stereocenters. The zero-order valence-corrected chi connectivity index (χ0v) is 19.9. The number of carbonyl (C=O) groups is 1. The van der Waals surface area contributed by atoms with Gasteiger partial charge in [0.1, 0.15) is 0 Å². The van der Waals surface area contributed by atoms with Crippen LogP contribution in [0.15, 0.2) is 72.4 Å². The highest BCUT2D eigenvalue weighted by atomic mass is 28.4. The van der Waals surface area contributed by atoms with Gasteiger partial charge in [-0.3, -0.25) is 4.79 Å². The Labute approximate surface area is 182 Å². The first-order valence-electron chi connectivity index (χ1n) is 10.9. The third-order valence-corrected chi connectivity index (χ3v) is 10.8. The van der Waals surface area contributed by atoms with Crippen molar-refractivity contribution in [2.45, 2.75) is 70.3 Å². The smallest absolute Gasteiger partial charge is 0.193 e. The first-order chi connectivity index (χ1) is 14.2. The summed E-state index contributed by atoms with van der Waals surface area (Å²) in [5, 5.41) is 3.81. The second kappa shape index (κ2) is 9.32. The van der Waals surface area contributed by atoms with Gasteiger partial charge in [-0.2, -0.15) is 0 Å². The normalized spacial score (nSPS) is 17.2. The molecule has 0 unspecified atom stereocenters. The van der Waals surface area contributed by atoms with Gasteiger partial charge in [-0.25, -0.2) is 0 Å². The van der Waals surface area contributed by atoms with Gasteiger partial charge in [-0.05, 0) is 42.1 Å². The van der Waals surface area contributed by atoms with Gasteiger partial charge in [-0.15, -0.1) is 0 Å². The van der Waals surface area contributed by atoms with Crippen molar-refractivity contribution in [3.63, 3.8) is 0 Å². The van der Waals surface area contributed by atoms with E-state index in [4.69, 9.17) is 4.43 Å². The van der Waals surface area contributed by atoms with Gasteiger partial charge in [0, 0.05) is 18.2 Å². The fraction of sp³-hybridized carbons (Fsp3) is 0.423. The van der Waals surface area contributed by atoms with Gasteiger partial charge in [0.25, 0.3) is 0 Å². The van der Waals surface area contributed by atoms with E-state index in [0.29, 0.717) is 6.42 Å². The van der Waals surface area contributed by atoms with E-state index in [9.17, 15) is 4.79 Å². The summed E-state index contributed by atoms with van der Waals surface area (Å²) in [4.78, 5) is 12.1. The highest BCUT2D eigenvalue weighted by Gasteiger charge is 2.41. The van der Waals surface area contributed by atoms with Crippen LogP contribution in [0, 0.1) is 0 Å². The zero-order chi connectivity index (χ0) is 21.8. The van der Waals surface area contributed by atoms with Crippen LogP contribution >= 0.6 is 0 Å². The molecule has 0 spiro atoms. The minimum absolute atomic E-state index is 0.0696. The Balaban J connectivity index is 2.05. The highest BCUT2D eigenvalue weighted by molar-refractivity contribution is 6.74. The highest BCUT2D eigenvalue weighted by Crippen LogP contribution is 2.43. The maximum Gasteiger partial charge on any atom is 0.193 e. The van der Waals surface area contributed by atoms with Crippen molar-refractivity contribution in [2.75, 3.05) is 0 Å². The maximum absolute atomic E-state index is 12.1. The fourth-order valence-electron chi connectivity index (χ4n) is 3.56. The van der Waals surface area contributed by atoms with Crippen LogP contribution in [-0.2, 0) is 9.22 Å². The lowest BCUT2D eigenvalue weighted by molar-refractivity contribution is -0.115. The summed E-state index contributed by atoms with van der Waals surface area (Å²) in [6, 6.07) is 20.9. The van der Waals surface area contributed by atoms with E-state index in [1.807, 2.05) is 12.1 Å². The number of allylic oxidation sites excluding steroid dienone is 2. The molecule has 0 radical (unpaired) electrons. The summed E-state index contributed by atoms with van der Waals surface area (Å²) in [7, 11) is -2.05. The molecule has 3 rings (SSSR count). The van der Waals surface area contributed by atoms with Crippen LogP contribution in [0.2, 0.25) is 18.1 Å². The molecule has 0 amide bonds. The average Bonchev–Trinajstić information content (AvgIpc) is 2.71. The number of nitrogens with one attached hydrogen (secondary N) is 1. The standard InChI is InChI=1S/C26H35NO2Si/c1-26(2,3)30(4,5)29-25(21-15-10-7-11-16-21)24(20-13-8-6-9-14-20)27-22-17-12-18-23(28)19-22/h6-11,13-16,19,24-25,27H,12,17-18H2,1-5H3/t24-,25+/m0/s1. The summed E-state index contributed by atoms with van der Waals surface area (Å²) in [5.41, 5.74) is 3.34. The molecule has 2 aromatic carbocycles. The lowest BCUT2D eigenvalue weighted by Gasteiger charge is -2.42. The van der Waals surface area contributed by atoms with E-state index in [1.165, 1.54) is 5.56 Å². The Hall–Kier alpha value is -2.17. The Morgan fingerprint density at radius 2 is 1.47 bits per heavy atom. The number of rotatable bonds is 7. The topological polar surface area (TPSA) is 38.3 Å². The molecule has 0 fully saturated rings. The molecule has 0 saturated heterocycles. The van der Waals surface area contributed by atoms with Gasteiger partial charge in [-0.1, -0.05) is 81.4 Å². The van der Waals surface area contributed by atoms with Crippen LogP contribution in [0.4, 0.5) is 0 Å². The molecule has 30 heavy (non-hydrogen) atoms. The summed E-state index contributed by atoms with van der Waals surface area (Å²) < 4.78 is 7.04. The van der Waals surface area contributed by atoms with Crippen LogP contribution in [-0.4, -0.2) is 14.1 Å². The second-order valence-corrected chi connectivity index (χ2v) is 14.5. The third-order valence-electron chi connectivity index (χ3n) is 6.36. The minimum atomic E-state index is -2.05. The van der Waals surface area contributed by atoms with Crippen molar-refractivity contribution in [1.29, 1.82) is 0 Å². The first-order valence-corrected chi connectivity index (χ1v) is 13.9. The summed E-state index contributed by atoms with van der Waals surface area (Å²) in [5.74, 6) is 0.206. The van der Waals surface area contributed by atoms with Gasteiger partial charge < -0.3 is 9.74 Å². The lowest BCUT2D eigenvalue weighted by atomic mass is 9.94. The molecule has 0 heterocycles. The molecule has 3 nitrogen and oxygen atoms in total. The predicted octanol–water partition coefficient (Wildman–Crippen LogP) is 6.72. The second-order valence-electron chi connectivity index (χ2n) is 9.73. The van der Waals surface area contributed by atoms with Gasteiger partial charge >= 0.3 is 0 Å². The fourth-order valence-corrected chi connectivity index (χ4v) is 4.83. The Morgan fingerprint density at radius 1 is 0.900 bits per heavy atom. The van der Waals surface area contributed by atoms with E-state index >= 15 is 0 Å². The Kier molecular flexibility index (Phi) is 6.99. The molecule has 160 valence electrons. The molecule has 1 aliphatic rings. The van der Waals surface area contributed by atoms with Crippen LogP contribution in [0.5, 0.6) is 0 Å². The predicted molar refractivity (Wildman–Crippen MR) is 127 cm³/mol. The lowest BCUT2D eigenvalue weighted by Crippen LogP contribution is -2.44. The SMILES string of the molecule is CC(C)(C)[Si](C)(C)O[C@H](c1ccccc1)[C@@H](NC1=CC(=O)CCC1)c1ccccc1. The van der Waals surface area contributed by atoms with Gasteiger partial charge in [0.2, 0.25) is 0 Å². The zero-order valence-electron chi connectivity index (χ0n) is 18.9. The minimum Gasteiger partial charge on any atom is -0.407 e. The van der Waals surface area contributed by atoms with Crippen molar-refractivity contribution in [2.24, 2.45) is 0 Å². The van der Waals surface area contributed by atoms with Gasteiger partial charge in [0.05, 0.1) is 12.1 Å². The van der Waals surface area contributed by atoms with E-state index in [-0.39, 0.29) is 23.0 Å². The molecule has 2 aromatic rings. The van der Waals surface area contributed by atoms with Crippen LogP contribution in [0.25, 0.3) is 0 Å².